The first-order chi connectivity index (χ1) is 10.8. The van der Waals surface area contributed by atoms with E-state index >= 15 is 0 Å². The van der Waals surface area contributed by atoms with Crippen LogP contribution in [-0.2, 0) is 0 Å². The van der Waals surface area contributed by atoms with E-state index in [1.165, 1.54) is 0 Å². The van der Waals surface area contributed by atoms with E-state index < -0.39 is 0 Å². The van der Waals surface area contributed by atoms with Crippen LogP contribution in [0.2, 0.25) is 0 Å². The summed E-state index contributed by atoms with van der Waals surface area (Å²) in [5.41, 5.74) is 0.640. The number of methoxy groups -OCH3 is 1. The molecule has 1 amide bonds. The highest BCUT2D eigenvalue weighted by Gasteiger charge is 2.28. The third-order valence-electron chi connectivity index (χ3n) is 3.69. The molecular weight excluding hydrogens is 280 g/mol. The minimum absolute atomic E-state index is 0.0104. The van der Waals surface area contributed by atoms with Gasteiger partial charge in [-0.1, -0.05) is 6.07 Å². The summed E-state index contributed by atoms with van der Waals surface area (Å²) >= 11 is 0. The van der Waals surface area contributed by atoms with Crippen LogP contribution >= 0.6 is 0 Å². The normalized spacial score (nSPS) is 17.3. The molecule has 1 aromatic heterocycles. The van der Waals surface area contributed by atoms with Gasteiger partial charge in [-0.2, -0.15) is 0 Å². The zero-order valence-electron chi connectivity index (χ0n) is 12.4. The lowest BCUT2D eigenvalue weighted by Crippen LogP contribution is -2.30. The summed E-state index contributed by atoms with van der Waals surface area (Å²) in [5.74, 6) is 1.44. The molecule has 5 nitrogen and oxygen atoms in total. The van der Waals surface area contributed by atoms with E-state index in [0.717, 1.165) is 12.2 Å². The van der Waals surface area contributed by atoms with Gasteiger partial charge in [0.2, 0.25) is 0 Å². The van der Waals surface area contributed by atoms with Gasteiger partial charge in [0.15, 0.2) is 0 Å². The SMILES string of the molecule is COc1cccc(C(=O)N2CCC(Oc3cccnc3)C2)c1. The van der Waals surface area contributed by atoms with Gasteiger partial charge in [-0.05, 0) is 30.3 Å². The van der Waals surface area contributed by atoms with Crippen molar-refractivity contribution >= 4 is 5.91 Å². The molecule has 0 spiro atoms. The number of rotatable bonds is 4. The van der Waals surface area contributed by atoms with Crippen LogP contribution in [0, 0.1) is 0 Å². The van der Waals surface area contributed by atoms with Crippen LogP contribution in [-0.4, -0.2) is 42.1 Å². The lowest BCUT2D eigenvalue weighted by molar-refractivity contribution is 0.0772. The van der Waals surface area contributed by atoms with Gasteiger partial charge in [0, 0.05) is 24.7 Å². The van der Waals surface area contributed by atoms with Crippen molar-refractivity contribution in [1.29, 1.82) is 0 Å². The zero-order chi connectivity index (χ0) is 15.4. The van der Waals surface area contributed by atoms with E-state index in [0.29, 0.717) is 24.4 Å². The van der Waals surface area contributed by atoms with Crippen LogP contribution in [0.25, 0.3) is 0 Å². The topological polar surface area (TPSA) is 51.7 Å². The minimum atomic E-state index is 0.0104. The molecule has 1 saturated heterocycles. The molecule has 1 aromatic carbocycles. The first kappa shape index (κ1) is 14.4. The highest BCUT2D eigenvalue weighted by molar-refractivity contribution is 5.94. The Balaban J connectivity index is 1.63. The molecule has 5 heteroatoms. The van der Waals surface area contributed by atoms with Crippen molar-refractivity contribution in [1.82, 2.24) is 9.88 Å². The molecular formula is C17H18N2O3. The summed E-state index contributed by atoms with van der Waals surface area (Å²) in [7, 11) is 1.59. The molecule has 114 valence electrons. The fourth-order valence-corrected chi connectivity index (χ4v) is 2.56. The Morgan fingerprint density at radius 2 is 2.14 bits per heavy atom. The van der Waals surface area contributed by atoms with Crippen molar-refractivity contribution in [2.24, 2.45) is 0 Å². The van der Waals surface area contributed by atoms with E-state index in [2.05, 4.69) is 4.98 Å². The van der Waals surface area contributed by atoms with Gasteiger partial charge in [-0.3, -0.25) is 9.78 Å². The van der Waals surface area contributed by atoms with Crippen LogP contribution < -0.4 is 9.47 Å². The molecule has 3 rings (SSSR count). The van der Waals surface area contributed by atoms with Gasteiger partial charge in [-0.15, -0.1) is 0 Å². The second-order valence-electron chi connectivity index (χ2n) is 5.20. The highest BCUT2D eigenvalue weighted by Crippen LogP contribution is 2.20. The highest BCUT2D eigenvalue weighted by atomic mass is 16.5. The minimum Gasteiger partial charge on any atom is -0.497 e. The Hall–Kier alpha value is -2.56. The lowest BCUT2D eigenvalue weighted by Gasteiger charge is -2.17. The number of carbonyl (C=O) groups is 1. The summed E-state index contributed by atoms with van der Waals surface area (Å²) in [5, 5.41) is 0. The van der Waals surface area contributed by atoms with E-state index in [1.807, 2.05) is 29.2 Å². The maximum atomic E-state index is 12.5. The van der Waals surface area contributed by atoms with Crippen LogP contribution in [0.1, 0.15) is 16.8 Å². The maximum absolute atomic E-state index is 12.5. The number of aromatic nitrogens is 1. The number of benzene rings is 1. The second-order valence-corrected chi connectivity index (χ2v) is 5.20. The summed E-state index contributed by atoms with van der Waals surface area (Å²) in [6.07, 6.45) is 4.23. The molecule has 0 bridgehead atoms. The zero-order valence-corrected chi connectivity index (χ0v) is 12.4. The predicted molar refractivity (Wildman–Crippen MR) is 82.2 cm³/mol. The number of carbonyl (C=O) groups excluding carboxylic acids is 1. The van der Waals surface area contributed by atoms with Crippen LogP contribution in [0.5, 0.6) is 11.5 Å². The molecule has 2 aromatic rings. The van der Waals surface area contributed by atoms with Crippen LogP contribution in [0.3, 0.4) is 0 Å². The summed E-state index contributed by atoms with van der Waals surface area (Å²) in [4.78, 5) is 18.4. The number of ether oxygens (including phenoxy) is 2. The Morgan fingerprint density at radius 1 is 1.27 bits per heavy atom. The summed E-state index contributed by atoms with van der Waals surface area (Å²) in [6, 6.07) is 10.9. The monoisotopic (exact) mass is 298 g/mol. The smallest absolute Gasteiger partial charge is 0.254 e. The first-order valence-corrected chi connectivity index (χ1v) is 7.26. The average molecular weight is 298 g/mol. The van der Waals surface area contributed by atoms with Gasteiger partial charge in [0.25, 0.3) is 5.91 Å². The molecule has 1 fully saturated rings. The second kappa shape index (κ2) is 6.47. The molecule has 0 radical (unpaired) electrons. The standard InChI is InChI=1S/C17H18N2O3/c1-21-14-5-2-4-13(10-14)17(20)19-9-7-16(12-19)22-15-6-3-8-18-11-15/h2-6,8,10-11,16H,7,9,12H2,1H3. The van der Waals surface area contributed by atoms with E-state index in [1.54, 1.807) is 31.6 Å². The Kier molecular flexibility index (Phi) is 4.23. The van der Waals surface area contributed by atoms with E-state index in [-0.39, 0.29) is 12.0 Å². The predicted octanol–water partition coefficient (Wildman–Crippen LogP) is 2.38. The summed E-state index contributed by atoms with van der Waals surface area (Å²) in [6.45, 7) is 1.28. The molecule has 1 atom stereocenters. The van der Waals surface area contributed by atoms with Gasteiger partial charge in [0.05, 0.1) is 19.9 Å². The number of nitrogens with zero attached hydrogens (tertiary/aromatic N) is 2. The fraction of sp³-hybridized carbons (Fsp3) is 0.294. The number of hydrogen-bond donors (Lipinski definition) is 0. The molecule has 1 unspecified atom stereocenters. The van der Waals surface area contributed by atoms with Crippen molar-refractivity contribution in [3.8, 4) is 11.5 Å². The Labute approximate surface area is 129 Å². The molecule has 0 saturated carbocycles. The van der Waals surface area contributed by atoms with Crippen molar-refractivity contribution in [3.05, 3.63) is 54.4 Å². The maximum Gasteiger partial charge on any atom is 0.254 e. The van der Waals surface area contributed by atoms with Crippen LogP contribution in [0.15, 0.2) is 48.8 Å². The Morgan fingerprint density at radius 3 is 2.91 bits per heavy atom. The quantitative estimate of drug-likeness (QED) is 0.869. The molecule has 2 heterocycles. The Bertz CT molecular complexity index is 645. The molecule has 0 aliphatic carbocycles. The van der Waals surface area contributed by atoms with E-state index in [9.17, 15) is 4.79 Å². The summed E-state index contributed by atoms with van der Waals surface area (Å²) < 4.78 is 11.0. The largest absolute Gasteiger partial charge is 0.497 e. The lowest BCUT2D eigenvalue weighted by atomic mass is 10.2. The third-order valence-corrected chi connectivity index (χ3v) is 3.69. The van der Waals surface area contributed by atoms with Crippen molar-refractivity contribution in [2.75, 3.05) is 20.2 Å². The van der Waals surface area contributed by atoms with Gasteiger partial charge in [0.1, 0.15) is 17.6 Å². The van der Waals surface area contributed by atoms with Crippen molar-refractivity contribution < 1.29 is 14.3 Å². The number of pyridine rings is 1. The van der Waals surface area contributed by atoms with Gasteiger partial charge in [-0.25, -0.2) is 0 Å². The third kappa shape index (κ3) is 3.19. The van der Waals surface area contributed by atoms with Gasteiger partial charge >= 0.3 is 0 Å². The molecule has 1 aliphatic heterocycles. The number of amides is 1. The van der Waals surface area contributed by atoms with Crippen molar-refractivity contribution in [3.63, 3.8) is 0 Å². The molecule has 1 aliphatic rings. The van der Waals surface area contributed by atoms with Gasteiger partial charge < -0.3 is 14.4 Å². The van der Waals surface area contributed by atoms with Crippen molar-refractivity contribution in [2.45, 2.75) is 12.5 Å². The average Bonchev–Trinajstić information content (AvgIpc) is 3.03. The fourth-order valence-electron chi connectivity index (χ4n) is 2.56. The first-order valence-electron chi connectivity index (χ1n) is 7.26. The van der Waals surface area contributed by atoms with Crippen LogP contribution in [0.4, 0.5) is 0 Å². The van der Waals surface area contributed by atoms with E-state index in [4.69, 9.17) is 9.47 Å². The number of hydrogen-bond acceptors (Lipinski definition) is 4. The molecule has 22 heavy (non-hydrogen) atoms. The number of likely N-dealkylation sites (tertiary alicyclic amines) is 1. The molecule has 0 N–H and O–H groups in total.